The van der Waals surface area contributed by atoms with Gasteiger partial charge >= 0.3 is 5.97 Å². The van der Waals surface area contributed by atoms with E-state index in [0.29, 0.717) is 11.1 Å². The van der Waals surface area contributed by atoms with E-state index in [1.54, 1.807) is 0 Å². The van der Waals surface area contributed by atoms with Crippen molar-refractivity contribution in [3.05, 3.63) is 34.6 Å². The van der Waals surface area contributed by atoms with Gasteiger partial charge in [0.1, 0.15) is 5.82 Å². The first kappa shape index (κ1) is 11.6. The average molecular weight is 233 g/mol. The Morgan fingerprint density at radius 2 is 2.29 bits per heavy atom. The van der Waals surface area contributed by atoms with Gasteiger partial charge in [0.05, 0.1) is 25.2 Å². The fraction of sp³-hybridized carbons (Fsp3) is 0.385. The van der Waals surface area contributed by atoms with Gasteiger partial charge in [0.25, 0.3) is 0 Å². The molecule has 0 radical (unpaired) electrons. The third-order valence-corrected chi connectivity index (χ3v) is 2.92. The summed E-state index contributed by atoms with van der Waals surface area (Å²) in [6.07, 6.45) is 1.86. The van der Waals surface area contributed by atoms with Crippen LogP contribution in [0.1, 0.15) is 40.2 Å². The highest BCUT2D eigenvalue weighted by Gasteiger charge is 2.32. The highest BCUT2D eigenvalue weighted by atomic mass is 19.1. The van der Waals surface area contributed by atoms with Crippen LogP contribution in [0.15, 0.2) is 12.1 Å². The molecule has 1 saturated carbocycles. The minimum atomic E-state index is -0.559. The third kappa shape index (κ3) is 2.14. The molecule has 88 valence electrons. The minimum absolute atomic E-state index is 0.0877. The maximum atomic E-state index is 13.8. The van der Waals surface area contributed by atoms with Crippen molar-refractivity contribution < 1.29 is 13.9 Å². The molecule has 3 nitrogen and oxygen atoms in total. The van der Waals surface area contributed by atoms with Crippen LogP contribution in [0.5, 0.6) is 0 Å². The predicted octanol–water partition coefficient (Wildman–Crippen LogP) is 2.56. The van der Waals surface area contributed by atoms with Crippen molar-refractivity contribution in [1.82, 2.24) is 0 Å². The van der Waals surface area contributed by atoms with E-state index >= 15 is 0 Å². The van der Waals surface area contributed by atoms with Crippen LogP contribution in [0, 0.1) is 17.1 Å². The monoisotopic (exact) mass is 233 g/mol. The van der Waals surface area contributed by atoms with Gasteiger partial charge in [-0.1, -0.05) is 6.07 Å². The van der Waals surface area contributed by atoms with Crippen molar-refractivity contribution in [2.24, 2.45) is 0 Å². The fourth-order valence-electron chi connectivity index (χ4n) is 1.99. The summed E-state index contributed by atoms with van der Waals surface area (Å²) >= 11 is 0. The highest BCUT2D eigenvalue weighted by Crippen LogP contribution is 2.43. The van der Waals surface area contributed by atoms with Crippen molar-refractivity contribution in [3.63, 3.8) is 0 Å². The number of nitriles is 1. The van der Waals surface area contributed by atoms with Crippen molar-refractivity contribution >= 4 is 5.97 Å². The Morgan fingerprint density at radius 1 is 1.59 bits per heavy atom. The predicted molar refractivity (Wildman–Crippen MR) is 59.0 cm³/mol. The number of carbonyl (C=O) groups is 1. The number of ether oxygens (including phenoxy) is 1. The Bertz CT molecular complexity index is 501. The molecule has 1 fully saturated rings. The first-order valence-corrected chi connectivity index (χ1v) is 5.45. The number of hydrogen-bond donors (Lipinski definition) is 0. The van der Waals surface area contributed by atoms with Gasteiger partial charge in [-0.15, -0.1) is 0 Å². The summed E-state index contributed by atoms with van der Waals surface area (Å²) in [5, 5.41) is 8.72. The SMILES string of the molecule is COC(=O)c1c(CC#N)ccc(F)c1C1CC1. The molecule has 1 aliphatic carbocycles. The molecular formula is C13H12FNO2. The second-order valence-electron chi connectivity index (χ2n) is 4.10. The number of benzene rings is 1. The molecule has 4 heteroatoms. The zero-order chi connectivity index (χ0) is 12.4. The number of esters is 1. The quantitative estimate of drug-likeness (QED) is 0.754. The second-order valence-corrected chi connectivity index (χ2v) is 4.10. The summed E-state index contributed by atoms with van der Waals surface area (Å²) < 4.78 is 18.4. The number of hydrogen-bond acceptors (Lipinski definition) is 3. The molecular weight excluding hydrogens is 221 g/mol. The molecule has 0 N–H and O–H groups in total. The summed E-state index contributed by atoms with van der Waals surface area (Å²) in [7, 11) is 1.26. The van der Waals surface area contributed by atoms with E-state index in [0.717, 1.165) is 12.8 Å². The molecule has 0 unspecified atom stereocenters. The standard InChI is InChI=1S/C13H12FNO2/c1-17-13(16)12-9(6-7-15)4-5-10(14)11(12)8-2-3-8/h4-5,8H,2-3,6H2,1H3. The number of nitrogens with zero attached hydrogens (tertiary/aromatic N) is 1. The topological polar surface area (TPSA) is 50.1 Å². The Hall–Kier alpha value is -1.89. The van der Waals surface area contributed by atoms with Crippen LogP contribution in [0.2, 0.25) is 0 Å². The van der Waals surface area contributed by atoms with E-state index in [1.807, 2.05) is 6.07 Å². The average Bonchev–Trinajstić information content (AvgIpc) is 3.14. The van der Waals surface area contributed by atoms with Crippen LogP contribution in [-0.4, -0.2) is 13.1 Å². The summed E-state index contributed by atoms with van der Waals surface area (Å²) in [6, 6.07) is 4.79. The van der Waals surface area contributed by atoms with Crippen LogP contribution in [0.3, 0.4) is 0 Å². The van der Waals surface area contributed by atoms with Gasteiger partial charge in [-0.05, 0) is 30.4 Å². The summed E-state index contributed by atoms with van der Waals surface area (Å²) in [5.41, 5.74) is 1.21. The molecule has 0 aliphatic heterocycles. The largest absolute Gasteiger partial charge is 0.465 e. The minimum Gasteiger partial charge on any atom is -0.465 e. The van der Waals surface area contributed by atoms with Gasteiger partial charge in [0, 0.05) is 5.56 Å². The summed E-state index contributed by atoms with van der Waals surface area (Å²) in [6.45, 7) is 0. The van der Waals surface area contributed by atoms with Gasteiger partial charge in [-0.25, -0.2) is 9.18 Å². The van der Waals surface area contributed by atoms with Gasteiger partial charge in [-0.3, -0.25) is 0 Å². The van der Waals surface area contributed by atoms with E-state index < -0.39 is 5.97 Å². The smallest absolute Gasteiger partial charge is 0.338 e. The van der Waals surface area contributed by atoms with Gasteiger partial charge < -0.3 is 4.74 Å². The van der Waals surface area contributed by atoms with E-state index in [1.165, 1.54) is 19.2 Å². The molecule has 0 heterocycles. The zero-order valence-electron chi connectivity index (χ0n) is 9.50. The Labute approximate surface area is 98.8 Å². The second kappa shape index (κ2) is 4.54. The molecule has 1 aliphatic rings. The lowest BCUT2D eigenvalue weighted by atomic mass is 9.95. The molecule has 1 aromatic rings. The molecule has 0 bridgehead atoms. The summed E-state index contributed by atoms with van der Waals surface area (Å²) in [4.78, 5) is 11.7. The highest BCUT2D eigenvalue weighted by molar-refractivity contribution is 5.93. The maximum Gasteiger partial charge on any atom is 0.338 e. The van der Waals surface area contributed by atoms with Crippen LogP contribution < -0.4 is 0 Å². The van der Waals surface area contributed by atoms with Crippen molar-refractivity contribution in [2.75, 3.05) is 7.11 Å². The van der Waals surface area contributed by atoms with E-state index in [9.17, 15) is 9.18 Å². The molecule has 0 amide bonds. The van der Waals surface area contributed by atoms with Gasteiger partial charge in [-0.2, -0.15) is 5.26 Å². The van der Waals surface area contributed by atoms with Crippen molar-refractivity contribution in [2.45, 2.75) is 25.2 Å². The van der Waals surface area contributed by atoms with E-state index in [-0.39, 0.29) is 23.7 Å². The Morgan fingerprint density at radius 3 is 2.82 bits per heavy atom. The lowest BCUT2D eigenvalue weighted by Crippen LogP contribution is -2.11. The first-order valence-electron chi connectivity index (χ1n) is 5.45. The van der Waals surface area contributed by atoms with Gasteiger partial charge in [0.2, 0.25) is 0 Å². The number of methoxy groups -OCH3 is 1. The van der Waals surface area contributed by atoms with E-state index in [2.05, 4.69) is 4.74 Å². The van der Waals surface area contributed by atoms with Crippen molar-refractivity contribution in [1.29, 1.82) is 5.26 Å². The van der Waals surface area contributed by atoms with E-state index in [4.69, 9.17) is 5.26 Å². The molecule has 0 saturated heterocycles. The van der Waals surface area contributed by atoms with Crippen LogP contribution in [0.4, 0.5) is 4.39 Å². The van der Waals surface area contributed by atoms with Crippen LogP contribution in [-0.2, 0) is 11.2 Å². The van der Waals surface area contributed by atoms with Crippen molar-refractivity contribution in [3.8, 4) is 6.07 Å². The fourth-order valence-corrected chi connectivity index (χ4v) is 1.99. The zero-order valence-corrected chi connectivity index (χ0v) is 9.50. The molecule has 0 atom stereocenters. The number of carbonyl (C=O) groups excluding carboxylic acids is 1. The Kier molecular flexibility index (Phi) is 3.10. The maximum absolute atomic E-state index is 13.8. The molecule has 17 heavy (non-hydrogen) atoms. The lowest BCUT2D eigenvalue weighted by Gasteiger charge is -2.11. The number of rotatable bonds is 3. The third-order valence-electron chi connectivity index (χ3n) is 2.92. The van der Waals surface area contributed by atoms with Crippen LogP contribution >= 0.6 is 0 Å². The molecule has 0 spiro atoms. The Balaban J connectivity index is 2.58. The van der Waals surface area contributed by atoms with Gasteiger partial charge in [0.15, 0.2) is 0 Å². The molecule has 2 rings (SSSR count). The number of halogens is 1. The molecule has 1 aromatic carbocycles. The lowest BCUT2D eigenvalue weighted by molar-refractivity contribution is 0.0597. The first-order chi connectivity index (χ1) is 8.19. The van der Waals surface area contributed by atoms with Crippen LogP contribution in [0.25, 0.3) is 0 Å². The normalized spacial score (nSPS) is 14.2. The molecule has 0 aromatic heterocycles. The summed E-state index contributed by atoms with van der Waals surface area (Å²) in [5.74, 6) is -0.839.